The quantitative estimate of drug-likeness (QED) is 0.716. The number of para-hydroxylation sites is 2. The number of amides is 1. The lowest BCUT2D eigenvalue weighted by Crippen LogP contribution is -2.49. The Labute approximate surface area is 174 Å². The van der Waals surface area contributed by atoms with Crippen LogP contribution in [-0.4, -0.2) is 63.4 Å². The van der Waals surface area contributed by atoms with Crippen molar-refractivity contribution in [2.75, 3.05) is 45.2 Å². The average Bonchev–Trinajstić information content (AvgIpc) is 2.74. The number of rotatable bonds is 7. The molecule has 0 aromatic heterocycles. The van der Waals surface area contributed by atoms with Crippen LogP contribution in [0.4, 0.5) is 14.5 Å². The summed E-state index contributed by atoms with van der Waals surface area (Å²) in [4.78, 5) is 13.5. The Balaban J connectivity index is 1.52. The fourth-order valence-electron chi connectivity index (χ4n) is 3.23. The summed E-state index contributed by atoms with van der Waals surface area (Å²) in [6.07, 6.45) is 0.226. The maximum absolute atomic E-state index is 13.9. The van der Waals surface area contributed by atoms with Gasteiger partial charge in [0.1, 0.15) is 22.3 Å². The van der Waals surface area contributed by atoms with Crippen molar-refractivity contribution < 1.29 is 26.7 Å². The number of methoxy groups -OCH3 is 1. The highest BCUT2D eigenvalue weighted by Crippen LogP contribution is 2.24. The Kier molecular flexibility index (Phi) is 7.01. The number of benzene rings is 2. The highest BCUT2D eigenvalue weighted by molar-refractivity contribution is 7.89. The van der Waals surface area contributed by atoms with E-state index in [9.17, 15) is 22.0 Å². The Hall–Kier alpha value is -2.56. The number of anilines is 1. The van der Waals surface area contributed by atoms with E-state index in [1.807, 2.05) is 4.90 Å². The van der Waals surface area contributed by atoms with Crippen molar-refractivity contribution in [3.05, 3.63) is 54.1 Å². The Bertz CT molecular complexity index is 1010. The van der Waals surface area contributed by atoms with Crippen molar-refractivity contribution in [1.82, 2.24) is 9.21 Å². The molecule has 30 heavy (non-hydrogen) atoms. The van der Waals surface area contributed by atoms with Crippen molar-refractivity contribution >= 4 is 21.6 Å². The Morgan fingerprint density at radius 1 is 1.10 bits per heavy atom. The van der Waals surface area contributed by atoms with Crippen molar-refractivity contribution in [3.8, 4) is 5.75 Å². The molecule has 0 unspecified atom stereocenters. The molecule has 1 amide bonds. The largest absolute Gasteiger partial charge is 0.495 e. The number of carbonyl (C=O) groups excluding carboxylic acids is 1. The van der Waals surface area contributed by atoms with Gasteiger partial charge in [0.2, 0.25) is 15.9 Å². The van der Waals surface area contributed by atoms with E-state index < -0.39 is 26.6 Å². The van der Waals surface area contributed by atoms with Gasteiger partial charge in [0.05, 0.1) is 12.8 Å². The molecule has 1 aliphatic heterocycles. The van der Waals surface area contributed by atoms with E-state index in [4.69, 9.17) is 4.74 Å². The van der Waals surface area contributed by atoms with Crippen LogP contribution in [0.25, 0.3) is 0 Å². The number of carbonyl (C=O) groups is 1. The second kappa shape index (κ2) is 9.50. The maximum atomic E-state index is 13.9. The number of halogens is 2. The van der Waals surface area contributed by atoms with Crippen LogP contribution in [0.1, 0.15) is 6.42 Å². The van der Waals surface area contributed by atoms with Gasteiger partial charge >= 0.3 is 0 Å². The number of ether oxygens (including phenoxy) is 1. The van der Waals surface area contributed by atoms with Crippen LogP contribution in [0.15, 0.2) is 47.4 Å². The fraction of sp³-hybridized carbons (Fsp3) is 0.350. The molecule has 0 saturated carbocycles. The normalized spacial score (nSPS) is 15.7. The molecule has 1 aliphatic rings. The van der Waals surface area contributed by atoms with Gasteiger partial charge in [0, 0.05) is 39.1 Å². The number of hydrogen-bond acceptors (Lipinski definition) is 5. The number of sulfonamides is 1. The van der Waals surface area contributed by atoms with E-state index >= 15 is 0 Å². The Morgan fingerprint density at radius 2 is 1.80 bits per heavy atom. The second-order valence-electron chi connectivity index (χ2n) is 6.82. The van der Waals surface area contributed by atoms with E-state index in [0.29, 0.717) is 37.1 Å². The number of piperazine rings is 1. The summed E-state index contributed by atoms with van der Waals surface area (Å²) in [6.45, 7) is 1.48. The molecule has 1 fully saturated rings. The third-order valence-corrected chi connectivity index (χ3v) is 6.79. The first-order chi connectivity index (χ1) is 14.3. The monoisotopic (exact) mass is 439 g/mol. The molecule has 0 bridgehead atoms. The maximum Gasteiger partial charge on any atom is 0.246 e. The van der Waals surface area contributed by atoms with Gasteiger partial charge in [-0.05, 0) is 30.3 Å². The summed E-state index contributed by atoms with van der Waals surface area (Å²) in [6, 6.07) is 9.46. The van der Waals surface area contributed by atoms with Crippen molar-refractivity contribution in [2.45, 2.75) is 11.3 Å². The van der Waals surface area contributed by atoms with Crippen LogP contribution in [0.2, 0.25) is 0 Å². The summed E-state index contributed by atoms with van der Waals surface area (Å²) in [7, 11) is -2.60. The first-order valence-corrected chi connectivity index (χ1v) is 10.9. The summed E-state index contributed by atoms with van der Waals surface area (Å²) in [5.74, 6) is -1.41. The Morgan fingerprint density at radius 3 is 2.50 bits per heavy atom. The third-order valence-electron chi connectivity index (χ3n) is 4.88. The molecule has 0 radical (unpaired) electrons. The summed E-state index contributed by atoms with van der Waals surface area (Å²) >= 11 is 0. The molecule has 162 valence electrons. The first kappa shape index (κ1) is 22.1. The SMILES string of the molecule is COc1ccccc1NC(=O)CCN1CCN(S(=O)(=O)c2cc(F)ccc2F)CC1. The minimum absolute atomic E-state index is 0.131. The molecular weight excluding hydrogens is 416 g/mol. The predicted octanol–water partition coefficient (Wildman–Crippen LogP) is 2.31. The van der Waals surface area contributed by atoms with Gasteiger partial charge in [-0.3, -0.25) is 4.79 Å². The molecule has 3 rings (SSSR count). The van der Waals surface area contributed by atoms with E-state index in [1.54, 1.807) is 24.3 Å². The minimum atomic E-state index is -4.12. The number of hydrogen-bond donors (Lipinski definition) is 1. The highest BCUT2D eigenvalue weighted by atomic mass is 32.2. The molecule has 0 aliphatic carbocycles. The lowest BCUT2D eigenvalue weighted by Gasteiger charge is -2.33. The van der Waals surface area contributed by atoms with Crippen LogP contribution >= 0.6 is 0 Å². The van der Waals surface area contributed by atoms with E-state index in [2.05, 4.69) is 5.32 Å². The minimum Gasteiger partial charge on any atom is -0.495 e. The molecule has 1 heterocycles. The molecule has 2 aromatic rings. The van der Waals surface area contributed by atoms with Gasteiger partial charge in [-0.2, -0.15) is 4.31 Å². The molecule has 7 nitrogen and oxygen atoms in total. The van der Waals surface area contributed by atoms with Crippen LogP contribution in [0.5, 0.6) is 5.75 Å². The van der Waals surface area contributed by atoms with E-state index in [-0.39, 0.29) is 25.4 Å². The molecule has 0 spiro atoms. The van der Waals surface area contributed by atoms with Crippen LogP contribution in [0, 0.1) is 11.6 Å². The van der Waals surface area contributed by atoms with Crippen LogP contribution in [-0.2, 0) is 14.8 Å². The molecule has 1 N–H and O–H groups in total. The third kappa shape index (κ3) is 5.13. The van der Waals surface area contributed by atoms with Crippen molar-refractivity contribution in [2.24, 2.45) is 0 Å². The molecular formula is C20H23F2N3O4S. The molecule has 10 heteroatoms. The van der Waals surface area contributed by atoms with Gasteiger partial charge in [-0.25, -0.2) is 17.2 Å². The average molecular weight is 439 g/mol. The predicted molar refractivity (Wildman–Crippen MR) is 108 cm³/mol. The zero-order chi connectivity index (χ0) is 21.7. The lowest BCUT2D eigenvalue weighted by atomic mass is 10.2. The van der Waals surface area contributed by atoms with Gasteiger partial charge in [0.25, 0.3) is 0 Å². The lowest BCUT2D eigenvalue weighted by molar-refractivity contribution is -0.116. The first-order valence-electron chi connectivity index (χ1n) is 9.41. The number of nitrogens with zero attached hydrogens (tertiary/aromatic N) is 2. The summed E-state index contributed by atoms with van der Waals surface area (Å²) < 4.78 is 58.9. The van der Waals surface area contributed by atoms with Gasteiger partial charge < -0.3 is 15.0 Å². The number of nitrogens with one attached hydrogen (secondary N) is 1. The van der Waals surface area contributed by atoms with Gasteiger partial charge in [-0.15, -0.1) is 0 Å². The topological polar surface area (TPSA) is 79.0 Å². The molecule has 2 aromatic carbocycles. The van der Waals surface area contributed by atoms with Crippen molar-refractivity contribution in [3.63, 3.8) is 0 Å². The fourth-order valence-corrected chi connectivity index (χ4v) is 4.73. The smallest absolute Gasteiger partial charge is 0.246 e. The summed E-state index contributed by atoms with van der Waals surface area (Å²) in [5.41, 5.74) is 0.582. The molecule has 1 saturated heterocycles. The summed E-state index contributed by atoms with van der Waals surface area (Å²) in [5, 5.41) is 2.79. The standard InChI is InChI=1S/C20H23F2N3O4S/c1-29-18-5-3-2-4-17(18)23-20(26)8-9-24-10-12-25(13-11-24)30(27,28)19-14-15(21)6-7-16(19)22/h2-7,14H,8-13H2,1H3,(H,23,26). The second-order valence-corrected chi connectivity index (χ2v) is 8.73. The highest BCUT2D eigenvalue weighted by Gasteiger charge is 2.31. The molecule has 0 atom stereocenters. The van der Waals surface area contributed by atoms with Crippen LogP contribution in [0.3, 0.4) is 0 Å². The zero-order valence-corrected chi connectivity index (χ0v) is 17.3. The zero-order valence-electron chi connectivity index (χ0n) is 16.5. The van der Waals surface area contributed by atoms with Crippen molar-refractivity contribution in [1.29, 1.82) is 0 Å². The van der Waals surface area contributed by atoms with Gasteiger partial charge in [-0.1, -0.05) is 12.1 Å². The van der Waals surface area contributed by atoms with Crippen LogP contribution < -0.4 is 10.1 Å². The van der Waals surface area contributed by atoms with E-state index in [1.165, 1.54) is 7.11 Å². The van der Waals surface area contributed by atoms with Gasteiger partial charge in [0.15, 0.2) is 0 Å². The van der Waals surface area contributed by atoms with E-state index in [0.717, 1.165) is 16.4 Å².